The summed E-state index contributed by atoms with van der Waals surface area (Å²) >= 11 is 0. The van der Waals surface area contributed by atoms with E-state index in [2.05, 4.69) is 9.88 Å². The molecule has 1 aromatic rings. The molecule has 1 aromatic heterocycles. The first-order valence-corrected chi connectivity index (χ1v) is 5.23. The molecule has 0 amide bonds. The van der Waals surface area contributed by atoms with Gasteiger partial charge in [-0.25, -0.2) is 4.98 Å². The number of hydrogen-bond acceptors (Lipinski definition) is 3. The summed E-state index contributed by atoms with van der Waals surface area (Å²) in [6.45, 7) is 1.96. The van der Waals surface area contributed by atoms with Gasteiger partial charge in [0.15, 0.2) is 0 Å². The van der Waals surface area contributed by atoms with Gasteiger partial charge in [-0.15, -0.1) is 0 Å². The van der Waals surface area contributed by atoms with Gasteiger partial charge in [0, 0.05) is 19.3 Å². The van der Waals surface area contributed by atoms with Crippen molar-refractivity contribution in [1.29, 1.82) is 0 Å². The van der Waals surface area contributed by atoms with E-state index in [-0.39, 0.29) is 5.54 Å². The zero-order valence-corrected chi connectivity index (χ0v) is 8.19. The minimum Gasteiger partial charge on any atom is -0.353 e. The third-order valence-corrected chi connectivity index (χ3v) is 3.33. The highest BCUT2D eigenvalue weighted by Crippen LogP contribution is 2.43. The molecular weight excluding hydrogens is 174 g/mol. The average molecular weight is 189 g/mol. The highest BCUT2D eigenvalue weighted by atomic mass is 15.3. The maximum absolute atomic E-state index is 6.27. The molecule has 14 heavy (non-hydrogen) atoms. The average Bonchev–Trinajstić information content (AvgIpc) is 2.98. The molecule has 0 atom stereocenters. The summed E-state index contributed by atoms with van der Waals surface area (Å²) in [4.78, 5) is 6.58. The van der Waals surface area contributed by atoms with E-state index in [0.717, 1.165) is 24.8 Å². The van der Waals surface area contributed by atoms with E-state index in [9.17, 15) is 0 Å². The quantitative estimate of drug-likeness (QED) is 0.755. The van der Waals surface area contributed by atoms with Gasteiger partial charge >= 0.3 is 0 Å². The second-order valence-electron chi connectivity index (χ2n) is 4.55. The summed E-state index contributed by atoms with van der Waals surface area (Å²) in [6, 6.07) is 6.02. The minimum absolute atomic E-state index is 0.0948. The predicted molar refractivity (Wildman–Crippen MR) is 56.1 cm³/mol. The molecule has 0 spiro atoms. The van der Waals surface area contributed by atoms with E-state index < -0.39 is 0 Å². The Bertz CT molecular complexity index is 326. The van der Waals surface area contributed by atoms with Crippen molar-refractivity contribution in [2.24, 2.45) is 11.7 Å². The number of anilines is 1. The van der Waals surface area contributed by atoms with Crippen LogP contribution in [-0.2, 0) is 0 Å². The monoisotopic (exact) mass is 189 g/mol. The van der Waals surface area contributed by atoms with Crippen molar-refractivity contribution in [2.75, 3.05) is 18.0 Å². The molecule has 2 aliphatic rings. The molecule has 1 aliphatic heterocycles. The second kappa shape index (κ2) is 2.70. The van der Waals surface area contributed by atoms with Crippen molar-refractivity contribution in [3.8, 4) is 0 Å². The van der Waals surface area contributed by atoms with E-state index in [1.165, 1.54) is 12.8 Å². The number of rotatable bonds is 2. The van der Waals surface area contributed by atoms with Gasteiger partial charge in [0.25, 0.3) is 0 Å². The van der Waals surface area contributed by atoms with Crippen LogP contribution in [0.5, 0.6) is 0 Å². The van der Waals surface area contributed by atoms with Gasteiger partial charge in [0.05, 0.1) is 5.54 Å². The maximum Gasteiger partial charge on any atom is 0.128 e. The van der Waals surface area contributed by atoms with Crippen molar-refractivity contribution in [3.63, 3.8) is 0 Å². The van der Waals surface area contributed by atoms with Crippen molar-refractivity contribution < 1.29 is 0 Å². The number of nitrogens with zero attached hydrogens (tertiary/aromatic N) is 2. The molecule has 0 radical (unpaired) electrons. The molecule has 0 unspecified atom stereocenters. The molecule has 1 saturated carbocycles. The van der Waals surface area contributed by atoms with Crippen molar-refractivity contribution in [2.45, 2.75) is 18.4 Å². The number of hydrogen-bond donors (Lipinski definition) is 1. The Balaban J connectivity index is 1.69. The Labute approximate surface area is 83.9 Å². The fourth-order valence-electron chi connectivity index (χ4n) is 2.28. The standard InChI is InChI=1S/C11H15N3/c12-11(9-4-5-9)7-14(8-11)10-3-1-2-6-13-10/h1-3,6,9H,4-5,7-8,12H2. The zero-order chi connectivity index (χ0) is 9.60. The molecule has 3 nitrogen and oxygen atoms in total. The summed E-state index contributed by atoms with van der Waals surface area (Å²) in [5.41, 5.74) is 6.36. The van der Waals surface area contributed by atoms with Gasteiger partial charge in [0.1, 0.15) is 5.82 Å². The Morgan fingerprint density at radius 3 is 2.71 bits per heavy atom. The van der Waals surface area contributed by atoms with Gasteiger partial charge in [-0.1, -0.05) is 6.07 Å². The molecule has 2 fully saturated rings. The molecule has 1 saturated heterocycles. The van der Waals surface area contributed by atoms with Gasteiger partial charge in [-0.3, -0.25) is 0 Å². The van der Waals surface area contributed by atoms with E-state index in [1.54, 1.807) is 0 Å². The Kier molecular flexibility index (Phi) is 1.59. The molecular formula is C11H15N3. The SMILES string of the molecule is NC1(C2CC2)CN(c2ccccn2)C1. The fourth-order valence-corrected chi connectivity index (χ4v) is 2.28. The summed E-state index contributed by atoms with van der Waals surface area (Å²) < 4.78 is 0. The molecule has 2 N–H and O–H groups in total. The Morgan fingerprint density at radius 1 is 1.36 bits per heavy atom. The molecule has 74 valence electrons. The third-order valence-electron chi connectivity index (χ3n) is 3.33. The van der Waals surface area contributed by atoms with E-state index in [1.807, 2.05) is 24.4 Å². The first-order chi connectivity index (χ1) is 6.78. The smallest absolute Gasteiger partial charge is 0.128 e. The third kappa shape index (κ3) is 1.20. The van der Waals surface area contributed by atoms with Gasteiger partial charge in [-0.2, -0.15) is 0 Å². The molecule has 0 bridgehead atoms. The van der Waals surface area contributed by atoms with Crippen LogP contribution < -0.4 is 10.6 Å². The van der Waals surface area contributed by atoms with Crippen LogP contribution in [-0.4, -0.2) is 23.6 Å². The maximum atomic E-state index is 6.27. The number of aromatic nitrogens is 1. The largest absolute Gasteiger partial charge is 0.353 e. The summed E-state index contributed by atoms with van der Waals surface area (Å²) in [5, 5.41) is 0. The van der Waals surface area contributed by atoms with Crippen molar-refractivity contribution in [3.05, 3.63) is 24.4 Å². The molecule has 2 heterocycles. The van der Waals surface area contributed by atoms with Gasteiger partial charge < -0.3 is 10.6 Å². The number of pyridine rings is 1. The molecule has 3 rings (SSSR count). The topological polar surface area (TPSA) is 42.1 Å². The second-order valence-corrected chi connectivity index (χ2v) is 4.55. The van der Waals surface area contributed by atoms with Crippen LogP contribution in [0.1, 0.15) is 12.8 Å². The fraction of sp³-hybridized carbons (Fsp3) is 0.545. The lowest BCUT2D eigenvalue weighted by molar-refractivity contribution is 0.289. The molecule has 3 heteroatoms. The van der Waals surface area contributed by atoms with E-state index in [4.69, 9.17) is 5.73 Å². The van der Waals surface area contributed by atoms with Crippen molar-refractivity contribution in [1.82, 2.24) is 4.98 Å². The summed E-state index contributed by atoms with van der Waals surface area (Å²) in [7, 11) is 0. The van der Waals surface area contributed by atoms with Crippen LogP contribution in [0.4, 0.5) is 5.82 Å². The van der Waals surface area contributed by atoms with Crippen LogP contribution in [0.2, 0.25) is 0 Å². The first kappa shape index (κ1) is 8.24. The molecule has 0 aromatic carbocycles. The highest BCUT2D eigenvalue weighted by molar-refractivity contribution is 5.44. The van der Waals surface area contributed by atoms with Gasteiger partial charge in [-0.05, 0) is 30.9 Å². The van der Waals surface area contributed by atoms with Crippen LogP contribution in [0.3, 0.4) is 0 Å². The summed E-state index contributed by atoms with van der Waals surface area (Å²) in [5.74, 6) is 1.84. The van der Waals surface area contributed by atoms with Crippen LogP contribution in [0, 0.1) is 5.92 Å². The lowest BCUT2D eigenvalue weighted by Gasteiger charge is -2.49. The van der Waals surface area contributed by atoms with Crippen molar-refractivity contribution >= 4 is 5.82 Å². The number of nitrogens with two attached hydrogens (primary N) is 1. The van der Waals surface area contributed by atoms with Crippen LogP contribution in [0.25, 0.3) is 0 Å². The Hall–Kier alpha value is -1.09. The van der Waals surface area contributed by atoms with Gasteiger partial charge in [0.2, 0.25) is 0 Å². The van der Waals surface area contributed by atoms with E-state index >= 15 is 0 Å². The summed E-state index contributed by atoms with van der Waals surface area (Å²) in [6.07, 6.45) is 4.49. The zero-order valence-electron chi connectivity index (χ0n) is 8.19. The normalized spacial score (nSPS) is 24.5. The lowest BCUT2D eigenvalue weighted by Crippen LogP contribution is -2.69. The van der Waals surface area contributed by atoms with Crippen LogP contribution in [0.15, 0.2) is 24.4 Å². The minimum atomic E-state index is 0.0948. The first-order valence-electron chi connectivity index (χ1n) is 5.23. The predicted octanol–water partition coefficient (Wildman–Crippen LogP) is 1.01. The highest BCUT2D eigenvalue weighted by Gasteiger charge is 2.50. The van der Waals surface area contributed by atoms with Crippen LogP contribution >= 0.6 is 0 Å². The Morgan fingerprint density at radius 2 is 2.14 bits per heavy atom. The van der Waals surface area contributed by atoms with E-state index in [0.29, 0.717) is 0 Å². The molecule has 1 aliphatic carbocycles. The lowest BCUT2D eigenvalue weighted by atomic mass is 9.86.